The smallest absolute Gasteiger partial charge is 0.0442 e. The van der Waals surface area contributed by atoms with Gasteiger partial charge in [-0.25, -0.2) is 0 Å². The lowest BCUT2D eigenvalue weighted by Crippen LogP contribution is -2.55. The molecule has 3 nitrogen and oxygen atoms in total. The Hall–Kier alpha value is -1.06. The molecule has 104 valence electrons. The minimum Gasteiger partial charge on any atom is -0.368 e. The van der Waals surface area contributed by atoms with Gasteiger partial charge >= 0.3 is 0 Å². The molecule has 19 heavy (non-hydrogen) atoms. The number of benzene rings is 1. The minimum atomic E-state index is 0.641. The fraction of sp³-hybridized carbons (Fsp3) is 0.625. The summed E-state index contributed by atoms with van der Waals surface area (Å²) in [5.41, 5.74) is 9.98. The van der Waals surface area contributed by atoms with Gasteiger partial charge in [0.15, 0.2) is 0 Å². The van der Waals surface area contributed by atoms with Crippen molar-refractivity contribution in [2.45, 2.75) is 38.8 Å². The van der Waals surface area contributed by atoms with Crippen LogP contribution in [0.1, 0.15) is 30.4 Å². The molecule has 2 N–H and O–H groups in total. The van der Waals surface area contributed by atoms with Gasteiger partial charge in [-0.05, 0) is 37.4 Å². The molecule has 1 atom stereocenters. The number of nitrogens with two attached hydrogens (primary N) is 1. The Labute approximate surface area is 116 Å². The van der Waals surface area contributed by atoms with Crippen molar-refractivity contribution in [1.82, 2.24) is 4.90 Å². The average Bonchev–Trinajstić information content (AvgIpc) is 2.46. The molecule has 0 amide bonds. The number of rotatable bonds is 2. The number of piperazine rings is 1. The molecule has 0 radical (unpaired) electrons. The van der Waals surface area contributed by atoms with E-state index in [9.17, 15) is 0 Å². The van der Waals surface area contributed by atoms with Crippen LogP contribution in [0.5, 0.6) is 0 Å². The predicted octanol–water partition coefficient (Wildman–Crippen LogP) is 2.13. The first kappa shape index (κ1) is 12.9. The van der Waals surface area contributed by atoms with Crippen molar-refractivity contribution in [3.63, 3.8) is 0 Å². The first-order valence-electron chi connectivity index (χ1n) is 7.57. The number of hydrogen-bond acceptors (Lipinski definition) is 3. The van der Waals surface area contributed by atoms with Gasteiger partial charge in [0.05, 0.1) is 0 Å². The molecule has 2 aliphatic rings. The zero-order valence-corrected chi connectivity index (χ0v) is 11.9. The minimum absolute atomic E-state index is 0.641. The van der Waals surface area contributed by atoms with E-state index in [0.29, 0.717) is 6.54 Å². The largest absolute Gasteiger partial charge is 0.368 e. The van der Waals surface area contributed by atoms with Crippen LogP contribution in [0, 0.1) is 6.92 Å². The van der Waals surface area contributed by atoms with Crippen LogP contribution in [0.15, 0.2) is 18.2 Å². The predicted molar refractivity (Wildman–Crippen MR) is 80.5 cm³/mol. The zero-order valence-electron chi connectivity index (χ0n) is 11.9. The Balaban J connectivity index is 1.83. The molecule has 0 spiro atoms. The van der Waals surface area contributed by atoms with Gasteiger partial charge in [-0.15, -0.1) is 0 Å². The molecule has 1 aromatic carbocycles. The van der Waals surface area contributed by atoms with Gasteiger partial charge in [-0.1, -0.05) is 24.6 Å². The number of hydrogen-bond donors (Lipinski definition) is 1. The Bertz CT molecular complexity index is 444. The van der Waals surface area contributed by atoms with Crippen LogP contribution in [-0.4, -0.2) is 37.1 Å². The second-order valence-electron chi connectivity index (χ2n) is 5.92. The van der Waals surface area contributed by atoms with Crippen molar-refractivity contribution in [1.29, 1.82) is 0 Å². The highest BCUT2D eigenvalue weighted by molar-refractivity contribution is 5.59. The summed E-state index contributed by atoms with van der Waals surface area (Å²) in [5, 5.41) is 0. The number of piperidine rings is 1. The number of aryl methyl sites for hydroxylation is 1. The number of para-hydroxylation sites is 1. The van der Waals surface area contributed by atoms with Crippen molar-refractivity contribution >= 4 is 5.69 Å². The molecular formula is C16H25N3. The standard InChI is InChI=1S/C16H25N3/c1-13-5-4-6-14(11-17)16(13)19-10-9-18-8-3-2-7-15(18)12-19/h4-6,15H,2-3,7-12,17H2,1H3. The van der Waals surface area contributed by atoms with Crippen molar-refractivity contribution in [2.24, 2.45) is 5.73 Å². The summed E-state index contributed by atoms with van der Waals surface area (Å²) in [6.07, 6.45) is 4.14. The van der Waals surface area contributed by atoms with Crippen LogP contribution in [0.25, 0.3) is 0 Å². The molecule has 2 saturated heterocycles. The maximum Gasteiger partial charge on any atom is 0.0442 e. The Morgan fingerprint density at radius 1 is 1.21 bits per heavy atom. The lowest BCUT2D eigenvalue weighted by Gasteiger charge is -2.45. The Morgan fingerprint density at radius 3 is 2.95 bits per heavy atom. The first-order chi connectivity index (χ1) is 9.29. The highest BCUT2D eigenvalue weighted by Crippen LogP contribution is 2.29. The van der Waals surface area contributed by atoms with Crippen LogP contribution in [-0.2, 0) is 6.54 Å². The van der Waals surface area contributed by atoms with Gasteiger partial charge in [-0.2, -0.15) is 0 Å². The fourth-order valence-electron chi connectivity index (χ4n) is 3.70. The molecule has 0 aromatic heterocycles. The van der Waals surface area contributed by atoms with E-state index in [1.54, 1.807) is 0 Å². The molecule has 3 rings (SSSR count). The van der Waals surface area contributed by atoms with Gasteiger partial charge < -0.3 is 10.6 Å². The van der Waals surface area contributed by atoms with Gasteiger partial charge in [0.2, 0.25) is 0 Å². The summed E-state index contributed by atoms with van der Waals surface area (Å²) < 4.78 is 0. The third-order valence-corrected chi connectivity index (χ3v) is 4.69. The van der Waals surface area contributed by atoms with Gasteiger partial charge in [0, 0.05) is 37.9 Å². The molecule has 1 aromatic rings. The lowest BCUT2D eigenvalue weighted by molar-refractivity contribution is 0.133. The average molecular weight is 259 g/mol. The van der Waals surface area contributed by atoms with Crippen LogP contribution in [0.3, 0.4) is 0 Å². The van der Waals surface area contributed by atoms with Gasteiger partial charge in [0.25, 0.3) is 0 Å². The van der Waals surface area contributed by atoms with E-state index in [-0.39, 0.29) is 0 Å². The molecule has 2 heterocycles. The summed E-state index contributed by atoms with van der Waals surface area (Å²) in [4.78, 5) is 5.25. The molecule has 0 aliphatic carbocycles. The molecule has 0 saturated carbocycles. The van der Waals surface area contributed by atoms with Crippen molar-refractivity contribution in [2.75, 3.05) is 31.1 Å². The molecule has 2 fully saturated rings. The van der Waals surface area contributed by atoms with Crippen LogP contribution in [0.2, 0.25) is 0 Å². The van der Waals surface area contributed by atoms with Crippen molar-refractivity contribution in [3.05, 3.63) is 29.3 Å². The Morgan fingerprint density at radius 2 is 2.11 bits per heavy atom. The van der Waals surface area contributed by atoms with E-state index in [1.165, 1.54) is 55.7 Å². The lowest BCUT2D eigenvalue weighted by atomic mass is 9.97. The number of nitrogens with zero attached hydrogens (tertiary/aromatic N) is 2. The van der Waals surface area contributed by atoms with E-state index in [1.807, 2.05) is 0 Å². The number of fused-ring (bicyclic) bond motifs is 1. The normalized spacial score (nSPS) is 24.3. The Kier molecular flexibility index (Phi) is 3.76. The summed E-state index contributed by atoms with van der Waals surface area (Å²) in [6, 6.07) is 7.27. The first-order valence-corrected chi connectivity index (χ1v) is 7.57. The summed E-state index contributed by atoms with van der Waals surface area (Å²) in [6.45, 7) is 7.69. The maximum absolute atomic E-state index is 5.92. The van der Waals surface area contributed by atoms with Crippen LogP contribution in [0.4, 0.5) is 5.69 Å². The second kappa shape index (κ2) is 5.51. The summed E-state index contributed by atoms with van der Waals surface area (Å²) in [7, 11) is 0. The quantitative estimate of drug-likeness (QED) is 0.883. The fourth-order valence-corrected chi connectivity index (χ4v) is 3.70. The van der Waals surface area contributed by atoms with Crippen molar-refractivity contribution in [3.8, 4) is 0 Å². The zero-order chi connectivity index (χ0) is 13.2. The molecular weight excluding hydrogens is 234 g/mol. The third-order valence-electron chi connectivity index (χ3n) is 4.69. The monoisotopic (exact) mass is 259 g/mol. The number of anilines is 1. The van der Waals surface area contributed by atoms with E-state index in [2.05, 4.69) is 34.9 Å². The highest BCUT2D eigenvalue weighted by Gasteiger charge is 2.29. The topological polar surface area (TPSA) is 32.5 Å². The van der Waals surface area contributed by atoms with E-state index in [4.69, 9.17) is 5.73 Å². The van der Waals surface area contributed by atoms with E-state index in [0.717, 1.165) is 12.6 Å². The molecule has 1 unspecified atom stereocenters. The molecule has 0 bridgehead atoms. The van der Waals surface area contributed by atoms with Crippen LogP contribution >= 0.6 is 0 Å². The van der Waals surface area contributed by atoms with Crippen molar-refractivity contribution < 1.29 is 0 Å². The SMILES string of the molecule is Cc1cccc(CN)c1N1CCN2CCCCC2C1. The molecule has 3 heteroatoms. The van der Waals surface area contributed by atoms with E-state index < -0.39 is 0 Å². The van der Waals surface area contributed by atoms with E-state index >= 15 is 0 Å². The third kappa shape index (κ3) is 2.49. The van der Waals surface area contributed by atoms with Crippen LogP contribution < -0.4 is 10.6 Å². The van der Waals surface area contributed by atoms with Gasteiger partial charge in [0.1, 0.15) is 0 Å². The second-order valence-corrected chi connectivity index (χ2v) is 5.92. The highest BCUT2D eigenvalue weighted by atomic mass is 15.3. The van der Waals surface area contributed by atoms with Gasteiger partial charge in [-0.3, -0.25) is 4.90 Å². The summed E-state index contributed by atoms with van der Waals surface area (Å²) >= 11 is 0. The molecule has 2 aliphatic heterocycles. The summed E-state index contributed by atoms with van der Waals surface area (Å²) in [5.74, 6) is 0. The maximum atomic E-state index is 5.92.